The zero-order valence-electron chi connectivity index (χ0n) is 10.2. The monoisotopic (exact) mass is 254 g/mol. The van der Waals surface area contributed by atoms with Crippen molar-refractivity contribution in [2.24, 2.45) is 5.41 Å². The molecular formula is C13H16F2N2O. The molecule has 0 aliphatic heterocycles. The minimum absolute atomic E-state index is 0.130. The van der Waals surface area contributed by atoms with E-state index in [0.29, 0.717) is 12.2 Å². The highest BCUT2D eigenvalue weighted by atomic mass is 19.2. The maximum absolute atomic E-state index is 13.0. The molecule has 0 radical (unpaired) electrons. The molecule has 1 aromatic carbocycles. The van der Waals surface area contributed by atoms with E-state index < -0.39 is 17.0 Å². The van der Waals surface area contributed by atoms with Crippen LogP contribution in [0.5, 0.6) is 0 Å². The van der Waals surface area contributed by atoms with Crippen LogP contribution in [0.15, 0.2) is 18.2 Å². The van der Waals surface area contributed by atoms with Gasteiger partial charge in [-0.15, -0.1) is 0 Å². The molecule has 0 spiro atoms. The first-order valence-electron chi connectivity index (χ1n) is 5.98. The summed E-state index contributed by atoms with van der Waals surface area (Å²) in [5, 5.41) is 5.65. The Morgan fingerprint density at radius 1 is 1.33 bits per heavy atom. The third kappa shape index (κ3) is 2.36. The first-order chi connectivity index (χ1) is 8.57. The Labute approximate surface area is 105 Å². The van der Waals surface area contributed by atoms with Gasteiger partial charge < -0.3 is 10.6 Å². The van der Waals surface area contributed by atoms with Crippen molar-refractivity contribution in [3.8, 4) is 0 Å². The zero-order chi connectivity index (χ0) is 13.2. The molecule has 1 aliphatic carbocycles. The molecule has 0 atom stereocenters. The number of halogens is 2. The molecule has 0 aromatic heterocycles. The number of hydrogen-bond acceptors (Lipinski definition) is 2. The van der Waals surface area contributed by atoms with Crippen LogP contribution in [-0.4, -0.2) is 19.5 Å². The number of anilines is 1. The van der Waals surface area contributed by atoms with Gasteiger partial charge in [0.2, 0.25) is 5.91 Å². The fraction of sp³-hybridized carbons (Fsp3) is 0.462. The second kappa shape index (κ2) is 5.02. The van der Waals surface area contributed by atoms with Gasteiger partial charge in [0.15, 0.2) is 11.6 Å². The molecule has 0 heterocycles. The van der Waals surface area contributed by atoms with E-state index in [2.05, 4.69) is 10.6 Å². The number of benzene rings is 1. The van der Waals surface area contributed by atoms with Crippen molar-refractivity contribution >= 4 is 11.6 Å². The van der Waals surface area contributed by atoms with Gasteiger partial charge in [-0.3, -0.25) is 4.79 Å². The largest absolute Gasteiger partial charge is 0.325 e. The molecular weight excluding hydrogens is 238 g/mol. The minimum atomic E-state index is -0.955. The predicted octanol–water partition coefficient (Wildman–Crippen LogP) is 2.29. The summed E-state index contributed by atoms with van der Waals surface area (Å²) in [6, 6.07) is 3.37. The standard InChI is InChI=1S/C13H16F2N2O/c1-16-8-13(5-2-6-13)12(18)17-9-3-4-10(14)11(15)7-9/h3-4,7,16H,2,5-6,8H2,1H3,(H,17,18). The van der Waals surface area contributed by atoms with Crippen molar-refractivity contribution in [3.63, 3.8) is 0 Å². The first-order valence-corrected chi connectivity index (χ1v) is 5.98. The van der Waals surface area contributed by atoms with Gasteiger partial charge in [-0.25, -0.2) is 8.78 Å². The molecule has 2 N–H and O–H groups in total. The number of hydrogen-bond donors (Lipinski definition) is 2. The first kappa shape index (κ1) is 13.0. The Hall–Kier alpha value is -1.49. The normalized spacial score (nSPS) is 17.1. The second-order valence-corrected chi connectivity index (χ2v) is 4.75. The lowest BCUT2D eigenvalue weighted by Crippen LogP contribution is -2.48. The Balaban J connectivity index is 2.08. The average molecular weight is 254 g/mol. The third-order valence-corrected chi connectivity index (χ3v) is 3.48. The molecule has 98 valence electrons. The van der Waals surface area contributed by atoms with Crippen molar-refractivity contribution in [2.45, 2.75) is 19.3 Å². The number of rotatable bonds is 4. The van der Waals surface area contributed by atoms with Crippen molar-refractivity contribution < 1.29 is 13.6 Å². The van der Waals surface area contributed by atoms with Crippen LogP contribution in [0.1, 0.15) is 19.3 Å². The average Bonchev–Trinajstić information content (AvgIpc) is 2.28. The molecule has 5 heteroatoms. The summed E-state index contributed by atoms with van der Waals surface area (Å²) in [6.45, 7) is 0.600. The van der Waals surface area contributed by atoms with E-state index in [4.69, 9.17) is 0 Å². The summed E-state index contributed by atoms with van der Waals surface area (Å²) in [5.41, 5.74) is -0.110. The fourth-order valence-electron chi connectivity index (χ4n) is 2.26. The Kier molecular flexibility index (Phi) is 3.61. The second-order valence-electron chi connectivity index (χ2n) is 4.75. The van der Waals surface area contributed by atoms with Crippen LogP contribution in [0.2, 0.25) is 0 Å². The molecule has 18 heavy (non-hydrogen) atoms. The van der Waals surface area contributed by atoms with Crippen LogP contribution in [0, 0.1) is 17.0 Å². The van der Waals surface area contributed by atoms with Gasteiger partial charge >= 0.3 is 0 Å². The van der Waals surface area contributed by atoms with Crippen LogP contribution in [0.3, 0.4) is 0 Å². The van der Waals surface area contributed by atoms with E-state index in [9.17, 15) is 13.6 Å². The van der Waals surface area contributed by atoms with Gasteiger partial charge in [-0.2, -0.15) is 0 Å². The summed E-state index contributed by atoms with van der Waals surface area (Å²) >= 11 is 0. The Morgan fingerprint density at radius 3 is 2.56 bits per heavy atom. The van der Waals surface area contributed by atoms with E-state index in [0.717, 1.165) is 31.4 Å². The lowest BCUT2D eigenvalue weighted by atomic mass is 9.68. The molecule has 1 saturated carbocycles. The lowest BCUT2D eigenvalue weighted by molar-refractivity contribution is -0.129. The van der Waals surface area contributed by atoms with E-state index in [1.165, 1.54) is 6.07 Å². The van der Waals surface area contributed by atoms with E-state index >= 15 is 0 Å². The number of nitrogens with one attached hydrogen (secondary N) is 2. The highest BCUT2D eigenvalue weighted by Gasteiger charge is 2.43. The number of amides is 1. The van der Waals surface area contributed by atoms with Crippen LogP contribution < -0.4 is 10.6 Å². The van der Waals surface area contributed by atoms with Gasteiger partial charge in [0, 0.05) is 18.3 Å². The summed E-state index contributed by atoms with van der Waals surface area (Å²) in [7, 11) is 1.80. The van der Waals surface area contributed by atoms with Gasteiger partial charge in [0.25, 0.3) is 0 Å². The van der Waals surface area contributed by atoms with Crippen molar-refractivity contribution in [2.75, 3.05) is 18.9 Å². The highest BCUT2D eigenvalue weighted by molar-refractivity contribution is 5.96. The fourth-order valence-corrected chi connectivity index (χ4v) is 2.26. The molecule has 1 fully saturated rings. The summed E-state index contributed by atoms with van der Waals surface area (Å²) < 4.78 is 25.8. The molecule has 3 nitrogen and oxygen atoms in total. The molecule has 0 bridgehead atoms. The van der Waals surface area contributed by atoms with E-state index in [-0.39, 0.29) is 5.91 Å². The predicted molar refractivity (Wildman–Crippen MR) is 65.2 cm³/mol. The maximum atomic E-state index is 13.0. The van der Waals surface area contributed by atoms with Gasteiger partial charge in [0.05, 0.1) is 5.41 Å². The zero-order valence-corrected chi connectivity index (χ0v) is 10.2. The van der Waals surface area contributed by atoms with E-state index in [1.807, 2.05) is 0 Å². The minimum Gasteiger partial charge on any atom is -0.325 e. The smallest absolute Gasteiger partial charge is 0.231 e. The Bertz CT molecular complexity index is 458. The molecule has 0 unspecified atom stereocenters. The van der Waals surface area contributed by atoms with Crippen LogP contribution in [0.25, 0.3) is 0 Å². The lowest BCUT2D eigenvalue weighted by Gasteiger charge is -2.40. The van der Waals surface area contributed by atoms with Gasteiger partial charge in [-0.1, -0.05) is 6.42 Å². The topological polar surface area (TPSA) is 41.1 Å². The van der Waals surface area contributed by atoms with Gasteiger partial charge in [-0.05, 0) is 32.0 Å². The van der Waals surface area contributed by atoms with Crippen LogP contribution in [0.4, 0.5) is 14.5 Å². The molecule has 1 amide bonds. The quantitative estimate of drug-likeness (QED) is 0.865. The van der Waals surface area contributed by atoms with Crippen LogP contribution >= 0.6 is 0 Å². The van der Waals surface area contributed by atoms with Gasteiger partial charge in [0.1, 0.15) is 0 Å². The molecule has 1 aromatic rings. The Morgan fingerprint density at radius 2 is 2.06 bits per heavy atom. The third-order valence-electron chi connectivity index (χ3n) is 3.48. The molecule has 0 saturated heterocycles. The van der Waals surface area contributed by atoms with E-state index in [1.54, 1.807) is 7.05 Å². The summed E-state index contributed by atoms with van der Waals surface area (Å²) in [6.07, 6.45) is 2.67. The highest BCUT2D eigenvalue weighted by Crippen LogP contribution is 2.41. The maximum Gasteiger partial charge on any atom is 0.231 e. The summed E-state index contributed by atoms with van der Waals surface area (Å²) in [5.74, 6) is -2.00. The molecule has 2 rings (SSSR count). The van der Waals surface area contributed by atoms with Crippen molar-refractivity contribution in [3.05, 3.63) is 29.8 Å². The van der Waals surface area contributed by atoms with Crippen LogP contribution in [-0.2, 0) is 4.79 Å². The number of carbonyl (C=O) groups excluding carboxylic acids is 1. The summed E-state index contributed by atoms with van der Waals surface area (Å²) in [4.78, 5) is 12.1. The number of carbonyl (C=O) groups is 1. The van der Waals surface area contributed by atoms with Crippen molar-refractivity contribution in [1.82, 2.24) is 5.32 Å². The van der Waals surface area contributed by atoms with Crippen molar-refractivity contribution in [1.29, 1.82) is 0 Å². The SMILES string of the molecule is CNCC1(C(=O)Nc2ccc(F)c(F)c2)CCC1. The molecule has 1 aliphatic rings.